The maximum atomic E-state index is 12.0. The van der Waals surface area contributed by atoms with Gasteiger partial charge in [0.2, 0.25) is 0 Å². The van der Waals surface area contributed by atoms with Crippen LogP contribution in [-0.4, -0.2) is 31.5 Å². The summed E-state index contributed by atoms with van der Waals surface area (Å²) in [5.74, 6) is -0.00561. The third kappa shape index (κ3) is 3.69. The second-order valence-corrected chi connectivity index (χ2v) is 8.03. The Morgan fingerprint density at radius 3 is 2.18 bits per heavy atom. The van der Waals surface area contributed by atoms with Crippen LogP contribution >= 0.6 is 0 Å². The molecule has 0 N–H and O–H groups in total. The van der Waals surface area contributed by atoms with Gasteiger partial charge in [0.15, 0.2) is 9.84 Å². The number of ether oxygens (including phenoxy) is 1. The predicted octanol–water partition coefficient (Wildman–Crippen LogP) is 1.93. The van der Waals surface area contributed by atoms with Gasteiger partial charge >= 0.3 is 5.97 Å². The molecular formula is C12H22O4S. The molecule has 17 heavy (non-hydrogen) atoms. The van der Waals surface area contributed by atoms with E-state index in [1.165, 1.54) is 0 Å². The second kappa shape index (κ2) is 4.59. The molecule has 1 aliphatic rings. The molecule has 1 heterocycles. The molecule has 0 spiro atoms. The minimum atomic E-state index is -2.92. The zero-order valence-electron chi connectivity index (χ0n) is 11.1. The molecule has 0 aromatic carbocycles. The summed E-state index contributed by atoms with van der Waals surface area (Å²) in [4.78, 5) is 12.0. The number of rotatable bonds is 3. The summed E-state index contributed by atoms with van der Waals surface area (Å²) in [6, 6.07) is 0. The van der Waals surface area contributed by atoms with Gasteiger partial charge in [-0.05, 0) is 27.2 Å². The van der Waals surface area contributed by atoms with Crippen LogP contribution < -0.4 is 0 Å². The molecule has 1 saturated heterocycles. The summed E-state index contributed by atoms with van der Waals surface area (Å²) < 4.78 is 28.2. The molecule has 0 aromatic rings. The number of carbonyl (C=O) groups is 1. The maximum absolute atomic E-state index is 12.0. The Morgan fingerprint density at radius 1 is 1.29 bits per heavy atom. The Hall–Kier alpha value is -0.580. The average Bonchev–Trinajstić information content (AvgIpc) is 2.23. The standard InChI is InChI=1S/C12H22O4S/c1-5-11(2,3)10(13)16-12(4)6-8-17(14,15)9-7-12/h5-9H2,1-4H3. The topological polar surface area (TPSA) is 60.4 Å². The van der Waals surface area contributed by atoms with E-state index in [1.807, 2.05) is 27.7 Å². The van der Waals surface area contributed by atoms with Crippen molar-refractivity contribution in [3.63, 3.8) is 0 Å². The fraction of sp³-hybridized carbons (Fsp3) is 0.917. The molecule has 0 atom stereocenters. The van der Waals surface area contributed by atoms with Crippen LogP contribution in [0.5, 0.6) is 0 Å². The third-order valence-electron chi connectivity index (χ3n) is 3.66. The first-order valence-electron chi connectivity index (χ1n) is 6.04. The van der Waals surface area contributed by atoms with Gasteiger partial charge in [0.1, 0.15) is 5.60 Å². The highest BCUT2D eigenvalue weighted by atomic mass is 32.2. The van der Waals surface area contributed by atoms with Gasteiger partial charge in [0.05, 0.1) is 16.9 Å². The van der Waals surface area contributed by atoms with Crippen molar-refractivity contribution in [1.82, 2.24) is 0 Å². The molecule has 100 valence electrons. The summed E-state index contributed by atoms with van der Waals surface area (Å²) in [5.41, 5.74) is -1.12. The number of sulfone groups is 1. The van der Waals surface area contributed by atoms with E-state index in [1.54, 1.807) is 0 Å². The van der Waals surface area contributed by atoms with Gasteiger partial charge in [-0.1, -0.05) is 6.92 Å². The third-order valence-corrected chi connectivity index (χ3v) is 5.31. The van der Waals surface area contributed by atoms with Crippen molar-refractivity contribution in [2.45, 2.75) is 52.6 Å². The summed E-state index contributed by atoms with van der Waals surface area (Å²) in [5, 5.41) is 0. The van der Waals surface area contributed by atoms with E-state index in [2.05, 4.69) is 0 Å². The van der Waals surface area contributed by atoms with Crippen LogP contribution in [0.1, 0.15) is 47.0 Å². The quantitative estimate of drug-likeness (QED) is 0.729. The zero-order chi connectivity index (χ0) is 13.3. The fourth-order valence-corrected chi connectivity index (χ4v) is 3.27. The van der Waals surface area contributed by atoms with Crippen molar-refractivity contribution < 1.29 is 17.9 Å². The smallest absolute Gasteiger partial charge is 0.312 e. The average molecular weight is 262 g/mol. The van der Waals surface area contributed by atoms with E-state index in [-0.39, 0.29) is 17.5 Å². The number of hydrogen-bond acceptors (Lipinski definition) is 4. The summed E-state index contributed by atoms with van der Waals surface area (Å²) >= 11 is 0. The highest BCUT2D eigenvalue weighted by Crippen LogP contribution is 2.31. The van der Waals surface area contributed by atoms with Gasteiger partial charge in [0, 0.05) is 12.8 Å². The summed E-state index contributed by atoms with van der Waals surface area (Å²) in [7, 11) is -2.92. The first-order valence-corrected chi connectivity index (χ1v) is 7.86. The van der Waals surface area contributed by atoms with Crippen molar-refractivity contribution in [3.05, 3.63) is 0 Å². The number of esters is 1. The zero-order valence-corrected chi connectivity index (χ0v) is 11.9. The Kier molecular flexibility index (Phi) is 3.91. The van der Waals surface area contributed by atoms with E-state index in [0.29, 0.717) is 19.3 Å². The molecule has 0 unspecified atom stereocenters. The van der Waals surface area contributed by atoms with Gasteiger partial charge < -0.3 is 4.74 Å². The Morgan fingerprint density at radius 2 is 1.76 bits per heavy atom. The lowest BCUT2D eigenvalue weighted by Gasteiger charge is -2.35. The lowest BCUT2D eigenvalue weighted by atomic mass is 9.89. The van der Waals surface area contributed by atoms with Crippen LogP contribution in [-0.2, 0) is 19.4 Å². The fourth-order valence-electron chi connectivity index (χ4n) is 1.58. The second-order valence-electron chi connectivity index (χ2n) is 5.73. The first kappa shape index (κ1) is 14.5. The van der Waals surface area contributed by atoms with Crippen LogP contribution in [0.25, 0.3) is 0 Å². The lowest BCUT2D eigenvalue weighted by Crippen LogP contribution is -2.43. The van der Waals surface area contributed by atoms with Crippen LogP contribution in [0.2, 0.25) is 0 Å². The van der Waals surface area contributed by atoms with E-state index >= 15 is 0 Å². The summed E-state index contributed by atoms with van der Waals surface area (Å²) in [6.07, 6.45) is 1.52. The molecular weight excluding hydrogens is 240 g/mol. The Bertz CT molecular complexity index is 381. The van der Waals surface area contributed by atoms with Crippen molar-refractivity contribution in [2.75, 3.05) is 11.5 Å². The Balaban J connectivity index is 2.67. The van der Waals surface area contributed by atoms with Gasteiger partial charge in [-0.2, -0.15) is 0 Å². The maximum Gasteiger partial charge on any atom is 0.312 e. The normalized spacial score (nSPS) is 23.1. The van der Waals surface area contributed by atoms with Crippen molar-refractivity contribution in [2.24, 2.45) is 5.41 Å². The highest BCUT2D eigenvalue weighted by molar-refractivity contribution is 7.91. The van der Waals surface area contributed by atoms with Crippen molar-refractivity contribution in [1.29, 1.82) is 0 Å². The molecule has 4 nitrogen and oxygen atoms in total. The molecule has 0 bridgehead atoms. The molecule has 0 aliphatic carbocycles. The Labute approximate surface area is 104 Å². The SMILES string of the molecule is CCC(C)(C)C(=O)OC1(C)CCS(=O)(=O)CC1. The highest BCUT2D eigenvalue weighted by Gasteiger charge is 2.39. The van der Waals surface area contributed by atoms with Crippen LogP contribution in [0.3, 0.4) is 0 Å². The van der Waals surface area contributed by atoms with Gasteiger partial charge in [0.25, 0.3) is 0 Å². The minimum Gasteiger partial charge on any atom is -0.459 e. The summed E-state index contributed by atoms with van der Waals surface area (Å²) in [6.45, 7) is 7.46. The molecule has 0 amide bonds. The number of hydrogen-bond donors (Lipinski definition) is 0. The van der Waals surface area contributed by atoms with E-state index < -0.39 is 20.9 Å². The number of carbonyl (C=O) groups excluding carboxylic acids is 1. The van der Waals surface area contributed by atoms with Gasteiger partial charge in [-0.3, -0.25) is 4.79 Å². The van der Waals surface area contributed by atoms with Gasteiger partial charge in [-0.15, -0.1) is 0 Å². The van der Waals surface area contributed by atoms with Crippen molar-refractivity contribution >= 4 is 15.8 Å². The molecule has 1 fully saturated rings. The minimum absolute atomic E-state index is 0.114. The monoisotopic (exact) mass is 262 g/mol. The van der Waals surface area contributed by atoms with E-state index in [9.17, 15) is 13.2 Å². The molecule has 1 rings (SSSR count). The predicted molar refractivity (Wildman–Crippen MR) is 66.5 cm³/mol. The molecule has 0 radical (unpaired) electrons. The molecule has 0 aromatic heterocycles. The molecule has 1 aliphatic heterocycles. The van der Waals surface area contributed by atoms with Crippen molar-refractivity contribution in [3.8, 4) is 0 Å². The van der Waals surface area contributed by atoms with E-state index in [4.69, 9.17) is 4.74 Å². The van der Waals surface area contributed by atoms with Crippen LogP contribution in [0.15, 0.2) is 0 Å². The van der Waals surface area contributed by atoms with Gasteiger partial charge in [-0.25, -0.2) is 8.42 Å². The van der Waals surface area contributed by atoms with Crippen LogP contribution in [0.4, 0.5) is 0 Å². The van der Waals surface area contributed by atoms with E-state index in [0.717, 1.165) is 0 Å². The first-order chi connectivity index (χ1) is 7.60. The lowest BCUT2D eigenvalue weighted by molar-refractivity contribution is -0.170. The van der Waals surface area contributed by atoms with Crippen LogP contribution in [0, 0.1) is 5.41 Å². The largest absolute Gasteiger partial charge is 0.459 e. The molecule has 5 heteroatoms. The molecule has 0 saturated carbocycles.